The van der Waals surface area contributed by atoms with Crippen molar-refractivity contribution in [2.24, 2.45) is 0 Å². The average Bonchev–Trinajstić information content (AvgIpc) is 3.28. The molecule has 0 N–H and O–H groups in total. The normalized spacial score (nSPS) is 10.9. The third-order valence-corrected chi connectivity index (χ3v) is 10.3. The van der Waals surface area contributed by atoms with Gasteiger partial charge in [0.2, 0.25) is 0 Å². The molecule has 0 aliphatic carbocycles. The van der Waals surface area contributed by atoms with Crippen LogP contribution in [0.1, 0.15) is 0 Å². The van der Waals surface area contributed by atoms with E-state index in [4.69, 9.17) is 0 Å². The molecular weight excluding hydrogens is 663 g/mol. The molecule has 0 aliphatic rings. The van der Waals surface area contributed by atoms with E-state index >= 15 is 0 Å². The van der Waals surface area contributed by atoms with Crippen LogP contribution >= 0.6 is 0 Å². The lowest BCUT2D eigenvalue weighted by molar-refractivity contribution is 1.28. The van der Waals surface area contributed by atoms with Crippen molar-refractivity contribution in [1.82, 2.24) is 0 Å². The molecule has 0 saturated carbocycles. The summed E-state index contributed by atoms with van der Waals surface area (Å²) in [7, 11) is 0. The van der Waals surface area contributed by atoms with Gasteiger partial charge in [-0.2, -0.15) is 0 Å². The molecule has 0 unspecified atom stereocenters. The van der Waals surface area contributed by atoms with E-state index in [-0.39, 0.29) is 0 Å². The number of rotatable bonds is 9. The van der Waals surface area contributed by atoms with Gasteiger partial charge in [-0.15, -0.1) is 0 Å². The van der Waals surface area contributed by atoms with Gasteiger partial charge in [-0.3, -0.25) is 0 Å². The fourth-order valence-corrected chi connectivity index (χ4v) is 7.53. The maximum absolute atomic E-state index is 2.36. The van der Waals surface area contributed by atoms with Crippen LogP contribution < -0.4 is 4.90 Å². The predicted molar refractivity (Wildman–Crippen MR) is 234 cm³/mol. The molecular formula is C54H39N. The standard InChI is InChI=1S/C54H39N/c1-6-16-40(17-7-1)43-26-32-49(33-27-43)55(50-34-28-44(29-35-50)41-18-8-2-9-19-41)51-36-30-47(31-37-51)54-52(45-22-12-4-13-23-45)38-48(42-20-10-3-11-21-42)39-53(54)46-24-14-5-15-25-46/h1-39H. The number of nitrogens with zero attached hydrogens (tertiary/aromatic N) is 1. The van der Waals surface area contributed by atoms with Crippen molar-refractivity contribution in [2.45, 2.75) is 0 Å². The Balaban J connectivity index is 1.18. The van der Waals surface area contributed by atoms with Gasteiger partial charge in [0.15, 0.2) is 0 Å². The fourth-order valence-electron chi connectivity index (χ4n) is 7.53. The summed E-state index contributed by atoms with van der Waals surface area (Å²) in [4.78, 5) is 2.35. The lowest BCUT2D eigenvalue weighted by Gasteiger charge is -2.26. The number of hydrogen-bond donors (Lipinski definition) is 0. The topological polar surface area (TPSA) is 3.24 Å². The van der Waals surface area contributed by atoms with Crippen molar-refractivity contribution in [1.29, 1.82) is 0 Å². The highest BCUT2D eigenvalue weighted by atomic mass is 15.1. The molecule has 55 heavy (non-hydrogen) atoms. The molecule has 0 radical (unpaired) electrons. The van der Waals surface area contributed by atoms with Crippen molar-refractivity contribution in [3.8, 4) is 66.8 Å². The quantitative estimate of drug-likeness (QED) is 0.145. The van der Waals surface area contributed by atoms with Crippen molar-refractivity contribution >= 4 is 17.1 Å². The van der Waals surface area contributed by atoms with Crippen LogP contribution in [0.2, 0.25) is 0 Å². The molecule has 9 aromatic carbocycles. The Kier molecular flexibility index (Phi) is 9.41. The molecule has 0 bridgehead atoms. The van der Waals surface area contributed by atoms with Gasteiger partial charge in [-0.25, -0.2) is 0 Å². The van der Waals surface area contributed by atoms with Crippen molar-refractivity contribution < 1.29 is 0 Å². The summed E-state index contributed by atoms with van der Waals surface area (Å²) in [6, 6.07) is 85.0. The maximum atomic E-state index is 2.36. The zero-order valence-electron chi connectivity index (χ0n) is 30.5. The van der Waals surface area contributed by atoms with Gasteiger partial charge >= 0.3 is 0 Å². The van der Waals surface area contributed by atoms with Crippen LogP contribution in [0.25, 0.3) is 66.8 Å². The molecule has 1 heteroatoms. The fraction of sp³-hybridized carbons (Fsp3) is 0. The zero-order valence-corrected chi connectivity index (χ0v) is 30.5. The minimum Gasteiger partial charge on any atom is -0.311 e. The highest BCUT2D eigenvalue weighted by Gasteiger charge is 2.19. The van der Waals surface area contributed by atoms with Crippen molar-refractivity contribution in [2.75, 3.05) is 4.90 Å². The molecule has 1 nitrogen and oxygen atoms in total. The first-order valence-electron chi connectivity index (χ1n) is 18.8. The Labute approximate surface area is 324 Å². The van der Waals surface area contributed by atoms with E-state index in [0.29, 0.717) is 0 Å². The smallest absolute Gasteiger partial charge is 0.0462 e. The van der Waals surface area contributed by atoms with Crippen molar-refractivity contribution in [3.63, 3.8) is 0 Å². The molecule has 0 amide bonds. The Morgan fingerprint density at radius 3 is 0.782 bits per heavy atom. The summed E-state index contributed by atoms with van der Waals surface area (Å²) >= 11 is 0. The molecule has 9 aromatic rings. The second kappa shape index (κ2) is 15.4. The van der Waals surface area contributed by atoms with E-state index in [1.165, 1.54) is 66.8 Å². The van der Waals surface area contributed by atoms with E-state index < -0.39 is 0 Å². The lowest BCUT2D eigenvalue weighted by atomic mass is 9.84. The van der Waals surface area contributed by atoms with Gasteiger partial charge in [0.05, 0.1) is 0 Å². The summed E-state index contributed by atoms with van der Waals surface area (Å²) in [5.41, 5.74) is 17.7. The SMILES string of the molecule is c1ccc(-c2ccc(N(c3ccc(-c4ccccc4)cc3)c3ccc(-c4c(-c5ccccc5)cc(-c5ccccc5)cc4-c4ccccc4)cc3)cc2)cc1. The monoisotopic (exact) mass is 701 g/mol. The Hall–Kier alpha value is -7.22. The minimum absolute atomic E-state index is 1.09. The van der Waals surface area contributed by atoms with Gasteiger partial charge in [-0.05, 0) is 115 Å². The van der Waals surface area contributed by atoms with Gasteiger partial charge in [0.25, 0.3) is 0 Å². The zero-order chi connectivity index (χ0) is 36.8. The Morgan fingerprint density at radius 2 is 0.455 bits per heavy atom. The van der Waals surface area contributed by atoms with Crippen LogP contribution in [0.15, 0.2) is 237 Å². The number of anilines is 3. The number of benzene rings is 9. The Morgan fingerprint density at radius 1 is 0.200 bits per heavy atom. The van der Waals surface area contributed by atoms with Gasteiger partial charge in [0.1, 0.15) is 0 Å². The van der Waals surface area contributed by atoms with E-state index in [9.17, 15) is 0 Å². The van der Waals surface area contributed by atoms with Gasteiger partial charge < -0.3 is 4.90 Å². The first-order chi connectivity index (χ1) is 27.3. The third kappa shape index (κ3) is 7.12. The van der Waals surface area contributed by atoms with E-state index in [1.54, 1.807) is 0 Å². The largest absolute Gasteiger partial charge is 0.311 e. The van der Waals surface area contributed by atoms with E-state index in [0.717, 1.165) is 17.1 Å². The molecule has 0 saturated heterocycles. The molecule has 9 rings (SSSR count). The summed E-state index contributed by atoms with van der Waals surface area (Å²) in [6.07, 6.45) is 0. The van der Waals surface area contributed by atoms with Crippen LogP contribution in [0, 0.1) is 0 Å². The summed E-state index contributed by atoms with van der Waals surface area (Å²) in [5, 5.41) is 0. The lowest BCUT2D eigenvalue weighted by Crippen LogP contribution is -2.09. The minimum atomic E-state index is 1.09. The molecule has 0 spiro atoms. The van der Waals surface area contributed by atoms with Crippen LogP contribution in [0.3, 0.4) is 0 Å². The second-order valence-electron chi connectivity index (χ2n) is 13.8. The molecule has 0 heterocycles. The van der Waals surface area contributed by atoms with Gasteiger partial charge in [-0.1, -0.05) is 188 Å². The first-order valence-corrected chi connectivity index (χ1v) is 18.8. The van der Waals surface area contributed by atoms with Crippen molar-refractivity contribution in [3.05, 3.63) is 237 Å². The predicted octanol–water partition coefficient (Wildman–Crippen LogP) is 15.2. The highest BCUT2D eigenvalue weighted by Crippen LogP contribution is 2.45. The molecule has 0 fully saturated rings. The van der Waals surface area contributed by atoms with Crippen LogP contribution in [-0.4, -0.2) is 0 Å². The van der Waals surface area contributed by atoms with Crippen LogP contribution in [-0.2, 0) is 0 Å². The second-order valence-corrected chi connectivity index (χ2v) is 13.8. The van der Waals surface area contributed by atoms with Gasteiger partial charge in [0, 0.05) is 17.1 Å². The first kappa shape index (κ1) is 33.6. The van der Waals surface area contributed by atoms with Crippen LogP contribution in [0.4, 0.5) is 17.1 Å². The summed E-state index contributed by atoms with van der Waals surface area (Å²) in [5.74, 6) is 0. The summed E-state index contributed by atoms with van der Waals surface area (Å²) in [6.45, 7) is 0. The maximum Gasteiger partial charge on any atom is 0.0462 e. The van der Waals surface area contributed by atoms with Crippen LogP contribution in [0.5, 0.6) is 0 Å². The molecule has 0 aliphatic heterocycles. The molecule has 0 atom stereocenters. The third-order valence-electron chi connectivity index (χ3n) is 10.3. The number of hydrogen-bond acceptors (Lipinski definition) is 1. The van der Waals surface area contributed by atoms with E-state index in [2.05, 4.69) is 241 Å². The Bertz CT molecular complexity index is 2470. The summed E-state index contributed by atoms with van der Waals surface area (Å²) < 4.78 is 0. The molecule has 0 aromatic heterocycles. The highest BCUT2D eigenvalue weighted by molar-refractivity contribution is 5.98. The molecule has 260 valence electrons. The average molecular weight is 702 g/mol. The van der Waals surface area contributed by atoms with E-state index in [1.807, 2.05) is 0 Å².